The number of benzene rings is 2. The number of aliphatic hydroxyl groups is 1. The van der Waals surface area contributed by atoms with Crippen LogP contribution >= 0.6 is 11.3 Å². The van der Waals surface area contributed by atoms with E-state index in [-0.39, 0.29) is 30.2 Å². The molecule has 0 saturated heterocycles. The molecular weight excluding hydrogens is 491 g/mol. The number of aromatic nitrogens is 1. The highest BCUT2D eigenvalue weighted by Crippen LogP contribution is 2.40. The van der Waals surface area contributed by atoms with Crippen molar-refractivity contribution in [3.63, 3.8) is 0 Å². The largest absolute Gasteiger partial charge is 0.507 e. The minimum Gasteiger partial charge on any atom is -0.507 e. The fourth-order valence-electron chi connectivity index (χ4n) is 4.35. The summed E-state index contributed by atoms with van der Waals surface area (Å²) >= 11 is 1.33. The van der Waals surface area contributed by atoms with Gasteiger partial charge in [0.25, 0.3) is 5.91 Å². The molecule has 3 N–H and O–H groups in total. The molecular formula is C28H25FN4O3S. The standard InChI is InChI=1S/C28H25FN4O3S/c29-21-7-2-8-24(35)27(21)23-15-22(20-6-3-11-30-17-20)32-33(23)28(36)26-10-9-25(37-26)19-5-1-4-18(14-19)16-31-12-13-34/h1-11,14,17,23,31,34-35H,12-13,15-16H2. The average Bonchev–Trinajstić information content (AvgIpc) is 3.58. The third kappa shape index (κ3) is 5.29. The molecule has 1 unspecified atom stereocenters. The first-order valence-electron chi connectivity index (χ1n) is 11.8. The number of carbonyl (C=O) groups excluding carboxylic acids is 1. The van der Waals surface area contributed by atoms with Crippen LogP contribution in [0.2, 0.25) is 0 Å². The molecule has 1 aliphatic heterocycles. The number of aromatic hydroxyl groups is 1. The first-order chi connectivity index (χ1) is 18.0. The zero-order valence-electron chi connectivity index (χ0n) is 19.8. The molecule has 4 aromatic rings. The lowest BCUT2D eigenvalue weighted by Crippen LogP contribution is -2.27. The molecule has 0 fully saturated rings. The van der Waals surface area contributed by atoms with Crippen LogP contribution in [0.25, 0.3) is 10.4 Å². The summed E-state index contributed by atoms with van der Waals surface area (Å²) in [6.45, 7) is 1.21. The number of halogens is 1. The second-order valence-corrected chi connectivity index (χ2v) is 9.68. The average molecular weight is 517 g/mol. The van der Waals surface area contributed by atoms with Gasteiger partial charge in [0.1, 0.15) is 11.6 Å². The highest BCUT2D eigenvalue weighted by atomic mass is 32.1. The molecule has 2 aromatic heterocycles. The van der Waals surface area contributed by atoms with Crippen LogP contribution in [0, 0.1) is 5.82 Å². The molecule has 3 heterocycles. The second-order valence-electron chi connectivity index (χ2n) is 8.60. The Bertz CT molecular complexity index is 1420. The van der Waals surface area contributed by atoms with Gasteiger partial charge in [-0.05, 0) is 47.5 Å². The lowest BCUT2D eigenvalue weighted by molar-refractivity contribution is 0.0712. The maximum absolute atomic E-state index is 14.9. The molecule has 7 nitrogen and oxygen atoms in total. The SMILES string of the molecule is O=C(c1ccc(-c2cccc(CNCCO)c2)s1)N1N=C(c2cccnc2)CC1c1c(O)cccc1F. The highest BCUT2D eigenvalue weighted by molar-refractivity contribution is 7.17. The summed E-state index contributed by atoms with van der Waals surface area (Å²) in [5.74, 6) is -1.18. The number of rotatable bonds is 8. The Morgan fingerprint density at radius 3 is 2.73 bits per heavy atom. The van der Waals surface area contributed by atoms with Crippen molar-refractivity contribution in [2.45, 2.75) is 19.0 Å². The van der Waals surface area contributed by atoms with Crippen LogP contribution in [-0.2, 0) is 6.54 Å². The molecule has 1 aliphatic rings. The van der Waals surface area contributed by atoms with Crippen molar-refractivity contribution >= 4 is 23.0 Å². The number of hydrazone groups is 1. The summed E-state index contributed by atoms with van der Waals surface area (Å²) in [7, 11) is 0. The third-order valence-electron chi connectivity index (χ3n) is 6.12. The topological polar surface area (TPSA) is 98.1 Å². The van der Waals surface area contributed by atoms with Crippen molar-refractivity contribution in [2.24, 2.45) is 5.10 Å². The van der Waals surface area contributed by atoms with Gasteiger partial charge < -0.3 is 15.5 Å². The lowest BCUT2D eigenvalue weighted by Gasteiger charge is -2.22. The highest BCUT2D eigenvalue weighted by Gasteiger charge is 2.37. The van der Waals surface area contributed by atoms with Crippen LogP contribution < -0.4 is 5.32 Å². The number of nitrogens with one attached hydrogen (secondary N) is 1. The van der Waals surface area contributed by atoms with Gasteiger partial charge in [-0.1, -0.05) is 30.3 Å². The Balaban J connectivity index is 1.46. The van der Waals surface area contributed by atoms with Gasteiger partial charge >= 0.3 is 0 Å². The van der Waals surface area contributed by atoms with E-state index in [1.165, 1.54) is 34.5 Å². The summed E-state index contributed by atoms with van der Waals surface area (Å²) in [6.07, 6.45) is 3.54. The minimum absolute atomic E-state index is 0.0401. The Morgan fingerprint density at radius 2 is 1.95 bits per heavy atom. The van der Waals surface area contributed by atoms with Crippen LogP contribution in [0.4, 0.5) is 4.39 Å². The predicted molar refractivity (Wildman–Crippen MR) is 141 cm³/mol. The zero-order chi connectivity index (χ0) is 25.8. The van der Waals surface area contributed by atoms with Crippen LogP contribution in [0.1, 0.15) is 38.8 Å². The number of carbonyl (C=O) groups is 1. The summed E-state index contributed by atoms with van der Waals surface area (Å²) in [5, 5.41) is 28.5. The van der Waals surface area contributed by atoms with Crippen molar-refractivity contribution < 1.29 is 19.4 Å². The maximum Gasteiger partial charge on any atom is 0.284 e. The summed E-state index contributed by atoms with van der Waals surface area (Å²) < 4.78 is 14.9. The number of phenolic OH excluding ortho intramolecular Hbond substituents is 1. The smallest absolute Gasteiger partial charge is 0.284 e. The molecule has 5 rings (SSSR count). The number of hydrogen-bond donors (Lipinski definition) is 3. The van der Waals surface area contributed by atoms with Crippen LogP contribution in [0.3, 0.4) is 0 Å². The number of nitrogens with zero attached hydrogens (tertiary/aromatic N) is 3. The summed E-state index contributed by atoms with van der Waals surface area (Å²) in [6, 6.07) is 18.5. The molecule has 2 aromatic carbocycles. The molecule has 0 radical (unpaired) electrons. The van der Waals surface area contributed by atoms with Crippen LogP contribution in [0.5, 0.6) is 5.75 Å². The van der Waals surface area contributed by atoms with Gasteiger partial charge in [0, 0.05) is 42.3 Å². The summed E-state index contributed by atoms with van der Waals surface area (Å²) in [5.41, 5.74) is 3.40. The monoisotopic (exact) mass is 516 g/mol. The number of hydrogen-bond acceptors (Lipinski definition) is 7. The number of pyridine rings is 1. The molecule has 0 spiro atoms. The Hall–Kier alpha value is -3.92. The van der Waals surface area contributed by atoms with Crippen molar-refractivity contribution in [1.29, 1.82) is 0 Å². The number of aliphatic hydroxyl groups excluding tert-OH is 1. The normalized spacial score (nSPS) is 15.1. The molecule has 1 atom stereocenters. The van der Waals surface area contributed by atoms with E-state index in [1.807, 2.05) is 36.4 Å². The zero-order valence-corrected chi connectivity index (χ0v) is 20.7. The molecule has 37 heavy (non-hydrogen) atoms. The summed E-state index contributed by atoms with van der Waals surface area (Å²) in [4.78, 5) is 19.2. The third-order valence-corrected chi connectivity index (χ3v) is 7.24. The predicted octanol–water partition coefficient (Wildman–Crippen LogP) is 4.73. The van der Waals surface area contributed by atoms with Gasteiger partial charge in [0.2, 0.25) is 0 Å². The van der Waals surface area contributed by atoms with E-state index in [0.717, 1.165) is 21.6 Å². The first-order valence-corrected chi connectivity index (χ1v) is 12.7. The molecule has 0 saturated carbocycles. The van der Waals surface area contributed by atoms with Crippen LogP contribution in [-0.4, -0.2) is 45.0 Å². The van der Waals surface area contributed by atoms with Gasteiger partial charge in [-0.15, -0.1) is 11.3 Å². The van der Waals surface area contributed by atoms with Crippen molar-refractivity contribution in [1.82, 2.24) is 15.3 Å². The van der Waals surface area contributed by atoms with E-state index < -0.39 is 11.9 Å². The van der Waals surface area contributed by atoms with Crippen molar-refractivity contribution in [3.05, 3.63) is 107 Å². The van der Waals surface area contributed by atoms with Gasteiger partial charge in [0.15, 0.2) is 0 Å². The van der Waals surface area contributed by atoms with Crippen molar-refractivity contribution in [3.8, 4) is 16.2 Å². The Labute approximate surface area is 217 Å². The van der Waals surface area contributed by atoms with Gasteiger partial charge in [0.05, 0.1) is 28.8 Å². The maximum atomic E-state index is 14.9. The fourth-order valence-corrected chi connectivity index (χ4v) is 5.29. The van der Waals surface area contributed by atoms with E-state index in [9.17, 15) is 14.3 Å². The van der Waals surface area contributed by atoms with E-state index >= 15 is 0 Å². The van der Waals surface area contributed by atoms with Crippen LogP contribution in [0.15, 0.2) is 84.2 Å². The van der Waals surface area contributed by atoms with E-state index in [4.69, 9.17) is 5.11 Å². The number of thiophene rings is 1. The molecule has 1 amide bonds. The Kier molecular flexibility index (Phi) is 7.36. The van der Waals surface area contributed by atoms with Gasteiger partial charge in [-0.2, -0.15) is 5.10 Å². The minimum atomic E-state index is -0.796. The molecule has 9 heteroatoms. The quantitative estimate of drug-likeness (QED) is 0.294. The number of phenols is 1. The molecule has 0 aliphatic carbocycles. The van der Waals surface area contributed by atoms with Gasteiger partial charge in [-0.3, -0.25) is 9.78 Å². The number of amides is 1. The van der Waals surface area contributed by atoms with Gasteiger partial charge in [-0.25, -0.2) is 9.40 Å². The second kappa shape index (κ2) is 11.0. The lowest BCUT2D eigenvalue weighted by atomic mass is 9.97. The molecule has 188 valence electrons. The Morgan fingerprint density at radius 1 is 1.11 bits per heavy atom. The molecule has 0 bridgehead atoms. The first kappa shape index (κ1) is 24.8. The van der Waals surface area contributed by atoms with Crippen molar-refractivity contribution in [2.75, 3.05) is 13.2 Å². The van der Waals surface area contributed by atoms with E-state index in [1.54, 1.807) is 24.5 Å². The van der Waals surface area contributed by atoms with E-state index in [0.29, 0.717) is 23.7 Å². The fraction of sp³-hybridized carbons (Fsp3) is 0.179. The van der Waals surface area contributed by atoms with E-state index in [2.05, 4.69) is 15.4 Å².